The van der Waals surface area contributed by atoms with E-state index in [-0.39, 0.29) is 11.3 Å². The molecule has 0 atom stereocenters. The molecule has 3 nitrogen and oxygen atoms in total. The van der Waals surface area contributed by atoms with Crippen molar-refractivity contribution < 1.29 is 18.0 Å². The third-order valence-corrected chi connectivity index (χ3v) is 6.04. The van der Waals surface area contributed by atoms with Gasteiger partial charge in [-0.3, -0.25) is 4.79 Å². The van der Waals surface area contributed by atoms with Crippen LogP contribution in [0.15, 0.2) is 36.4 Å². The maximum Gasteiger partial charge on any atom is 0.416 e. The Bertz CT molecular complexity index is 928. The van der Waals surface area contributed by atoms with Gasteiger partial charge >= 0.3 is 6.18 Å². The van der Waals surface area contributed by atoms with E-state index in [1.54, 1.807) is 12.1 Å². The Morgan fingerprint density at radius 1 is 0.971 bits per heavy atom. The van der Waals surface area contributed by atoms with Crippen LogP contribution < -0.4 is 10.2 Å². The van der Waals surface area contributed by atoms with Crippen molar-refractivity contribution in [2.75, 3.05) is 23.3 Å². The smallest absolute Gasteiger partial charge is 0.371 e. The highest BCUT2D eigenvalue weighted by Crippen LogP contribution is 2.35. The Morgan fingerprint density at radius 2 is 1.47 bits per heavy atom. The third-order valence-electron chi connectivity index (χ3n) is 6.04. The predicted octanol–water partition coefficient (Wildman–Crippen LogP) is 8.11. The number of hydrogen-bond donors (Lipinski definition) is 1. The summed E-state index contributed by atoms with van der Waals surface area (Å²) in [5.74, 6) is 0.429. The van der Waals surface area contributed by atoms with E-state index >= 15 is 0 Å². The van der Waals surface area contributed by atoms with Crippen LogP contribution in [0.25, 0.3) is 0 Å². The molecule has 6 heteroatoms. The van der Waals surface area contributed by atoms with E-state index in [4.69, 9.17) is 0 Å². The average Bonchev–Trinajstić information content (AvgIpc) is 2.76. The zero-order chi connectivity index (χ0) is 25.7. The van der Waals surface area contributed by atoms with E-state index in [0.29, 0.717) is 12.3 Å². The number of aryl methyl sites for hydroxylation is 2. The van der Waals surface area contributed by atoms with E-state index in [1.807, 2.05) is 48.5 Å². The molecule has 1 aliphatic heterocycles. The van der Waals surface area contributed by atoms with Crippen molar-refractivity contribution in [1.82, 2.24) is 0 Å². The normalized spacial score (nSPS) is 14.9. The Kier molecular flexibility index (Phi) is 9.21. The van der Waals surface area contributed by atoms with Gasteiger partial charge in [-0.1, -0.05) is 46.8 Å². The molecule has 0 unspecified atom stereocenters. The summed E-state index contributed by atoms with van der Waals surface area (Å²) in [6.45, 7) is 15.8. The highest BCUT2D eigenvalue weighted by Gasteiger charge is 2.30. The average molecular weight is 477 g/mol. The lowest BCUT2D eigenvalue weighted by molar-refractivity contribution is -0.137. The van der Waals surface area contributed by atoms with E-state index in [0.717, 1.165) is 60.6 Å². The van der Waals surface area contributed by atoms with Crippen LogP contribution in [0.5, 0.6) is 0 Å². The van der Waals surface area contributed by atoms with Crippen molar-refractivity contribution in [1.29, 1.82) is 0 Å². The molecule has 188 valence electrons. The fourth-order valence-electron chi connectivity index (χ4n) is 4.43. The Hall–Kier alpha value is -2.50. The number of carbonyl (C=O) groups excluding carboxylic acids is 1. The second kappa shape index (κ2) is 11.3. The quantitative estimate of drug-likeness (QED) is 0.483. The number of hydrogen-bond acceptors (Lipinski definition) is 2. The number of benzene rings is 2. The minimum absolute atomic E-state index is 0.0290. The molecule has 1 amide bonds. The topological polar surface area (TPSA) is 32.3 Å². The van der Waals surface area contributed by atoms with Gasteiger partial charge in [0.1, 0.15) is 0 Å². The van der Waals surface area contributed by atoms with Crippen LogP contribution in [0.1, 0.15) is 82.1 Å². The molecule has 1 heterocycles. The molecule has 3 rings (SSSR count). The summed E-state index contributed by atoms with van der Waals surface area (Å²) in [5, 5.41) is 3.08. The zero-order valence-corrected chi connectivity index (χ0v) is 21.6. The molecular formula is C28H39F3N2O. The second-order valence-electron chi connectivity index (χ2n) is 10.1. The fourth-order valence-corrected chi connectivity index (χ4v) is 4.43. The summed E-state index contributed by atoms with van der Waals surface area (Å²) < 4.78 is 38.4. The molecule has 2 aromatic rings. The molecule has 0 radical (unpaired) electrons. The zero-order valence-electron chi connectivity index (χ0n) is 21.6. The number of piperidine rings is 1. The van der Waals surface area contributed by atoms with Gasteiger partial charge in [0.25, 0.3) is 0 Å². The van der Waals surface area contributed by atoms with Crippen LogP contribution in [0.3, 0.4) is 0 Å². The largest absolute Gasteiger partial charge is 0.416 e. The van der Waals surface area contributed by atoms with Crippen molar-refractivity contribution >= 4 is 17.3 Å². The molecule has 0 bridgehead atoms. The number of carbonyl (C=O) groups is 1. The molecule has 0 saturated carbocycles. The lowest BCUT2D eigenvalue weighted by Crippen LogP contribution is -2.33. The van der Waals surface area contributed by atoms with Crippen molar-refractivity contribution in [3.05, 3.63) is 58.7 Å². The van der Waals surface area contributed by atoms with Gasteiger partial charge in [0.05, 0.1) is 5.56 Å². The van der Waals surface area contributed by atoms with Gasteiger partial charge in [-0.25, -0.2) is 0 Å². The molecule has 0 spiro atoms. The first-order valence-corrected chi connectivity index (χ1v) is 12.2. The lowest BCUT2D eigenvalue weighted by atomic mass is 9.87. The summed E-state index contributed by atoms with van der Waals surface area (Å²) >= 11 is 0. The minimum Gasteiger partial charge on any atom is -0.371 e. The highest BCUT2D eigenvalue weighted by molar-refractivity contribution is 5.92. The van der Waals surface area contributed by atoms with Crippen LogP contribution >= 0.6 is 0 Å². The molecule has 1 fully saturated rings. The van der Waals surface area contributed by atoms with Gasteiger partial charge in [-0.05, 0) is 79.0 Å². The van der Waals surface area contributed by atoms with E-state index in [1.165, 1.54) is 5.56 Å². The van der Waals surface area contributed by atoms with E-state index < -0.39 is 11.7 Å². The number of nitrogens with one attached hydrogen (secondary N) is 1. The highest BCUT2D eigenvalue weighted by atomic mass is 19.4. The van der Waals surface area contributed by atoms with Gasteiger partial charge < -0.3 is 10.2 Å². The summed E-state index contributed by atoms with van der Waals surface area (Å²) in [7, 11) is 0. The van der Waals surface area contributed by atoms with Crippen LogP contribution in [0.4, 0.5) is 24.5 Å². The molecule has 34 heavy (non-hydrogen) atoms. The molecule has 1 aliphatic rings. The van der Waals surface area contributed by atoms with Gasteiger partial charge in [-0.15, -0.1) is 0 Å². The maximum atomic E-state index is 12.8. The third kappa shape index (κ3) is 7.51. The van der Waals surface area contributed by atoms with Crippen molar-refractivity contribution in [3.8, 4) is 0 Å². The van der Waals surface area contributed by atoms with Crippen LogP contribution in [-0.2, 0) is 11.0 Å². The summed E-state index contributed by atoms with van der Waals surface area (Å²) in [4.78, 5) is 14.5. The molecule has 1 N–H and O–H groups in total. The first-order chi connectivity index (χ1) is 15.8. The standard InChI is InChI=1S/C26H33F3N2O.C2H6/c1-17-14-20(15-18(2)24(17)30-23(32)16-25(3,4)5)19-10-12-31(13-11-19)22-8-6-21(7-9-22)26(27,28)29;1-2/h6-9,14-15,19H,10-13,16H2,1-5H3,(H,30,32);1-2H3. The summed E-state index contributed by atoms with van der Waals surface area (Å²) in [6, 6.07) is 9.76. The molecular weight excluding hydrogens is 437 g/mol. The van der Waals surface area contributed by atoms with Crippen molar-refractivity contribution in [3.63, 3.8) is 0 Å². The summed E-state index contributed by atoms with van der Waals surface area (Å²) in [6.07, 6.45) is -1.96. The van der Waals surface area contributed by atoms with Gasteiger partial charge in [-0.2, -0.15) is 13.2 Å². The Balaban J connectivity index is 0.00000199. The van der Waals surface area contributed by atoms with Crippen LogP contribution in [0.2, 0.25) is 0 Å². The Labute approximate surface area is 202 Å². The van der Waals surface area contributed by atoms with Gasteiger partial charge in [0.2, 0.25) is 5.91 Å². The first kappa shape index (κ1) is 27.7. The predicted molar refractivity (Wildman–Crippen MR) is 136 cm³/mol. The number of alkyl halides is 3. The second-order valence-corrected chi connectivity index (χ2v) is 10.1. The molecule has 0 aromatic heterocycles. The van der Waals surface area contributed by atoms with Crippen molar-refractivity contribution in [2.45, 2.75) is 79.8 Å². The monoisotopic (exact) mass is 476 g/mol. The van der Waals surface area contributed by atoms with E-state index in [9.17, 15) is 18.0 Å². The van der Waals surface area contributed by atoms with E-state index in [2.05, 4.69) is 22.3 Å². The van der Waals surface area contributed by atoms with Gasteiger partial charge in [0.15, 0.2) is 0 Å². The number of halogens is 3. The molecule has 0 aliphatic carbocycles. The van der Waals surface area contributed by atoms with Gasteiger partial charge in [0, 0.05) is 30.9 Å². The number of amides is 1. The number of nitrogens with zero attached hydrogens (tertiary/aromatic N) is 1. The number of anilines is 2. The summed E-state index contributed by atoms with van der Waals surface area (Å²) in [5.41, 5.74) is 4.44. The van der Waals surface area contributed by atoms with Crippen molar-refractivity contribution in [2.24, 2.45) is 5.41 Å². The van der Waals surface area contributed by atoms with Crippen LogP contribution in [-0.4, -0.2) is 19.0 Å². The maximum absolute atomic E-state index is 12.8. The fraction of sp³-hybridized carbons (Fsp3) is 0.536. The first-order valence-electron chi connectivity index (χ1n) is 12.2. The molecule has 1 saturated heterocycles. The Morgan fingerprint density at radius 3 is 1.91 bits per heavy atom. The lowest BCUT2D eigenvalue weighted by Gasteiger charge is -2.34. The minimum atomic E-state index is -4.31. The van der Waals surface area contributed by atoms with Crippen LogP contribution in [0, 0.1) is 19.3 Å². The number of rotatable bonds is 4. The SMILES string of the molecule is CC.Cc1cc(C2CCN(c3ccc(C(F)(F)F)cc3)CC2)cc(C)c1NC(=O)CC(C)(C)C. The molecule has 2 aromatic carbocycles.